The minimum Gasteiger partial charge on any atom is -0.349 e. The quantitative estimate of drug-likeness (QED) is 0.834. The smallest absolute Gasteiger partial charge is 0.253 e. The summed E-state index contributed by atoms with van der Waals surface area (Å²) in [4.78, 5) is 11.8. The summed E-state index contributed by atoms with van der Waals surface area (Å²) in [7, 11) is 0. The van der Waals surface area contributed by atoms with E-state index in [9.17, 15) is 9.18 Å². The van der Waals surface area contributed by atoms with Crippen molar-refractivity contribution in [3.05, 3.63) is 33.6 Å². The van der Waals surface area contributed by atoms with E-state index >= 15 is 0 Å². The van der Waals surface area contributed by atoms with Crippen LogP contribution in [0.2, 0.25) is 10.0 Å². The van der Waals surface area contributed by atoms with Gasteiger partial charge in [-0.2, -0.15) is 0 Å². The topological polar surface area (TPSA) is 29.1 Å². The molecule has 1 atom stereocenters. The zero-order valence-corrected chi connectivity index (χ0v) is 11.4. The van der Waals surface area contributed by atoms with Crippen LogP contribution >= 0.6 is 23.2 Å². The molecule has 1 amide bonds. The first-order valence-electron chi connectivity index (χ1n) is 5.28. The molecular formula is C12H14Cl2FNO. The van der Waals surface area contributed by atoms with E-state index < -0.39 is 11.7 Å². The van der Waals surface area contributed by atoms with E-state index in [1.165, 1.54) is 6.07 Å². The van der Waals surface area contributed by atoms with Crippen LogP contribution in [-0.4, -0.2) is 11.9 Å². The van der Waals surface area contributed by atoms with Crippen LogP contribution in [0.15, 0.2) is 12.1 Å². The zero-order valence-electron chi connectivity index (χ0n) is 9.85. The third kappa shape index (κ3) is 3.58. The fourth-order valence-electron chi connectivity index (χ4n) is 1.15. The number of benzene rings is 1. The van der Waals surface area contributed by atoms with Gasteiger partial charge in [-0.3, -0.25) is 4.79 Å². The first kappa shape index (κ1) is 14.3. The summed E-state index contributed by atoms with van der Waals surface area (Å²) in [5.41, 5.74) is 0.0982. The number of carbonyl (C=O) groups is 1. The Morgan fingerprint density at radius 3 is 2.35 bits per heavy atom. The van der Waals surface area contributed by atoms with Gasteiger partial charge in [-0.05, 0) is 25.0 Å². The van der Waals surface area contributed by atoms with Crippen molar-refractivity contribution >= 4 is 29.1 Å². The molecule has 0 aliphatic heterocycles. The maximum atomic E-state index is 13.2. The van der Waals surface area contributed by atoms with Gasteiger partial charge in [-0.15, -0.1) is 0 Å². The zero-order chi connectivity index (χ0) is 13.2. The van der Waals surface area contributed by atoms with Gasteiger partial charge in [0.1, 0.15) is 5.82 Å². The number of amides is 1. The minimum atomic E-state index is -0.654. The second-order valence-electron chi connectivity index (χ2n) is 4.25. The maximum absolute atomic E-state index is 13.2. The predicted molar refractivity (Wildman–Crippen MR) is 68.2 cm³/mol. The van der Waals surface area contributed by atoms with Crippen molar-refractivity contribution in [2.45, 2.75) is 26.8 Å². The lowest BCUT2D eigenvalue weighted by molar-refractivity contribution is 0.0930. The van der Waals surface area contributed by atoms with Gasteiger partial charge in [0.05, 0.1) is 15.6 Å². The first-order valence-corrected chi connectivity index (χ1v) is 6.04. The highest BCUT2D eigenvalue weighted by atomic mass is 35.5. The average Bonchev–Trinajstić information content (AvgIpc) is 2.22. The molecular weight excluding hydrogens is 264 g/mol. The van der Waals surface area contributed by atoms with Gasteiger partial charge in [0.2, 0.25) is 0 Å². The Bertz CT molecular complexity index is 435. The van der Waals surface area contributed by atoms with Crippen molar-refractivity contribution < 1.29 is 9.18 Å². The van der Waals surface area contributed by atoms with Crippen molar-refractivity contribution in [1.82, 2.24) is 5.32 Å². The first-order chi connectivity index (χ1) is 7.82. The molecule has 0 heterocycles. The Labute approximate surface area is 110 Å². The van der Waals surface area contributed by atoms with Crippen molar-refractivity contribution in [3.63, 3.8) is 0 Å². The Balaban J connectivity index is 2.93. The van der Waals surface area contributed by atoms with E-state index in [1.807, 2.05) is 20.8 Å². The SMILES string of the molecule is CC(C)C(C)NC(=O)c1cc(F)c(Cl)cc1Cl. The second kappa shape index (κ2) is 5.69. The van der Waals surface area contributed by atoms with E-state index in [0.29, 0.717) is 0 Å². The van der Waals surface area contributed by atoms with E-state index in [-0.39, 0.29) is 27.6 Å². The monoisotopic (exact) mass is 277 g/mol. The van der Waals surface area contributed by atoms with Gasteiger partial charge < -0.3 is 5.32 Å². The van der Waals surface area contributed by atoms with Crippen LogP contribution in [-0.2, 0) is 0 Å². The molecule has 0 radical (unpaired) electrons. The van der Waals surface area contributed by atoms with Crippen LogP contribution in [0, 0.1) is 11.7 Å². The lowest BCUT2D eigenvalue weighted by Gasteiger charge is -2.17. The molecule has 1 N–H and O–H groups in total. The van der Waals surface area contributed by atoms with Gasteiger partial charge in [-0.25, -0.2) is 4.39 Å². The molecule has 1 rings (SSSR count). The molecule has 2 nitrogen and oxygen atoms in total. The summed E-state index contributed by atoms with van der Waals surface area (Å²) in [5, 5.41) is 2.80. The molecule has 0 fully saturated rings. The third-order valence-corrected chi connectivity index (χ3v) is 3.22. The average molecular weight is 278 g/mol. The van der Waals surface area contributed by atoms with E-state index in [0.717, 1.165) is 6.07 Å². The molecule has 17 heavy (non-hydrogen) atoms. The van der Waals surface area contributed by atoms with Crippen LogP contribution in [0.5, 0.6) is 0 Å². The van der Waals surface area contributed by atoms with Crippen molar-refractivity contribution in [2.24, 2.45) is 5.92 Å². The summed E-state index contributed by atoms with van der Waals surface area (Å²) in [6.45, 7) is 5.84. The molecule has 0 saturated carbocycles. The van der Waals surface area contributed by atoms with E-state index in [2.05, 4.69) is 5.32 Å². The van der Waals surface area contributed by atoms with Crippen molar-refractivity contribution in [3.8, 4) is 0 Å². The Hall–Kier alpha value is -0.800. The standard InChI is InChI=1S/C12H14Cl2FNO/c1-6(2)7(3)16-12(17)8-4-11(15)10(14)5-9(8)13/h4-7H,1-3H3,(H,16,17). The number of halogens is 3. The van der Waals surface area contributed by atoms with E-state index in [4.69, 9.17) is 23.2 Å². The molecule has 0 aliphatic rings. The van der Waals surface area contributed by atoms with Gasteiger partial charge >= 0.3 is 0 Å². The summed E-state index contributed by atoms with van der Waals surface area (Å²) in [6, 6.07) is 2.26. The summed E-state index contributed by atoms with van der Waals surface area (Å²) in [6.07, 6.45) is 0. The van der Waals surface area contributed by atoms with Gasteiger partial charge in [0, 0.05) is 6.04 Å². The van der Waals surface area contributed by atoms with Crippen LogP contribution in [0.4, 0.5) is 4.39 Å². The number of hydrogen-bond acceptors (Lipinski definition) is 1. The van der Waals surface area contributed by atoms with Gasteiger partial charge in [0.25, 0.3) is 5.91 Å². The lowest BCUT2D eigenvalue weighted by Crippen LogP contribution is -2.36. The van der Waals surface area contributed by atoms with Crippen LogP contribution < -0.4 is 5.32 Å². The highest BCUT2D eigenvalue weighted by Crippen LogP contribution is 2.24. The molecule has 0 saturated heterocycles. The van der Waals surface area contributed by atoms with Crippen LogP contribution in [0.3, 0.4) is 0 Å². The van der Waals surface area contributed by atoms with Gasteiger partial charge in [-0.1, -0.05) is 37.0 Å². The summed E-state index contributed by atoms with van der Waals surface area (Å²) < 4.78 is 13.2. The number of rotatable bonds is 3. The number of carbonyl (C=O) groups excluding carboxylic acids is 1. The molecule has 5 heteroatoms. The molecule has 0 bridgehead atoms. The Morgan fingerprint density at radius 1 is 1.24 bits per heavy atom. The lowest BCUT2D eigenvalue weighted by atomic mass is 10.1. The van der Waals surface area contributed by atoms with Gasteiger partial charge in [0.15, 0.2) is 0 Å². The van der Waals surface area contributed by atoms with Crippen molar-refractivity contribution in [1.29, 1.82) is 0 Å². The number of hydrogen-bond donors (Lipinski definition) is 1. The Kier molecular flexibility index (Phi) is 4.78. The predicted octanol–water partition coefficient (Wildman–Crippen LogP) is 3.91. The molecule has 1 aromatic rings. The fourth-order valence-corrected chi connectivity index (χ4v) is 1.62. The highest BCUT2D eigenvalue weighted by molar-refractivity contribution is 6.36. The molecule has 0 aliphatic carbocycles. The minimum absolute atomic E-state index is 0.0164. The summed E-state index contributed by atoms with van der Waals surface area (Å²) >= 11 is 11.4. The maximum Gasteiger partial charge on any atom is 0.253 e. The number of nitrogens with one attached hydrogen (secondary N) is 1. The van der Waals surface area contributed by atoms with Crippen molar-refractivity contribution in [2.75, 3.05) is 0 Å². The molecule has 94 valence electrons. The molecule has 1 aromatic carbocycles. The fraction of sp³-hybridized carbons (Fsp3) is 0.417. The second-order valence-corrected chi connectivity index (χ2v) is 5.07. The summed E-state index contributed by atoms with van der Waals surface area (Å²) in [5.74, 6) is -0.764. The third-order valence-electron chi connectivity index (χ3n) is 2.61. The normalized spacial score (nSPS) is 12.6. The Morgan fingerprint density at radius 2 is 1.82 bits per heavy atom. The highest BCUT2D eigenvalue weighted by Gasteiger charge is 2.17. The molecule has 1 unspecified atom stereocenters. The van der Waals surface area contributed by atoms with Crippen LogP contribution in [0.1, 0.15) is 31.1 Å². The molecule has 0 aromatic heterocycles. The largest absolute Gasteiger partial charge is 0.349 e. The van der Waals surface area contributed by atoms with Crippen LogP contribution in [0.25, 0.3) is 0 Å². The molecule has 0 spiro atoms. The van der Waals surface area contributed by atoms with E-state index in [1.54, 1.807) is 0 Å².